The predicted molar refractivity (Wildman–Crippen MR) is 131 cm³/mol. The number of nitrogens with zero attached hydrogens (tertiary/aromatic N) is 4. The van der Waals surface area contributed by atoms with Gasteiger partial charge in [0.15, 0.2) is 5.78 Å². The monoisotopic (exact) mass is 450 g/mol. The molecule has 3 atom stereocenters. The highest BCUT2D eigenvalue weighted by Crippen LogP contribution is 2.62. The number of carbonyl (C=O) groups excluding carboxylic acids is 1. The van der Waals surface area contributed by atoms with Crippen LogP contribution in [0, 0.1) is 28.6 Å². The van der Waals surface area contributed by atoms with Gasteiger partial charge in [0.1, 0.15) is 12.1 Å². The zero-order chi connectivity index (χ0) is 24.1. The largest absolute Gasteiger partial charge is 0.296 e. The highest BCUT2D eigenvalue weighted by Gasteiger charge is 2.73. The van der Waals surface area contributed by atoms with Crippen molar-refractivity contribution in [2.45, 2.75) is 56.3 Å². The van der Waals surface area contributed by atoms with E-state index in [2.05, 4.69) is 47.1 Å². The number of rotatable bonds is 4. The Morgan fingerprint density at radius 3 is 2.06 bits per heavy atom. The van der Waals surface area contributed by atoms with Crippen molar-refractivity contribution in [1.29, 1.82) is 10.5 Å². The van der Waals surface area contributed by atoms with Gasteiger partial charge in [-0.1, -0.05) is 73.7 Å². The fraction of sp³-hybridized carbons (Fsp3) is 0.414. The summed E-state index contributed by atoms with van der Waals surface area (Å²) in [5, 5.41) is 21.4. The van der Waals surface area contributed by atoms with Crippen LogP contribution < -0.4 is 0 Å². The van der Waals surface area contributed by atoms with Crippen LogP contribution in [0.2, 0.25) is 0 Å². The van der Waals surface area contributed by atoms with Crippen molar-refractivity contribution >= 4 is 5.78 Å². The van der Waals surface area contributed by atoms with E-state index in [9.17, 15) is 15.3 Å². The van der Waals surface area contributed by atoms with Gasteiger partial charge in [-0.3, -0.25) is 9.69 Å². The summed E-state index contributed by atoms with van der Waals surface area (Å²) in [6.07, 6.45) is 4.23. The lowest BCUT2D eigenvalue weighted by Gasteiger charge is -2.46. The van der Waals surface area contributed by atoms with Crippen LogP contribution in [-0.2, 0) is 5.54 Å². The molecular formula is C29H30N4O. The highest BCUT2D eigenvalue weighted by molar-refractivity contribution is 6.10. The molecule has 0 radical (unpaired) electrons. The molecular weight excluding hydrogens is 420 g/mol. The standard InChI is InChI=1S/C29H30N4O/c1-21-26(32-16-10-11-17-32)28(19-30,20-31)33-27(2,3)24(25(34)22-12-6-4-7-13-22)18-29(21,33)23-14-8-5-9-15-23/h4-9,12-15,18,21,26H,10-11,16-17H2,1-3H3/t21-,26+,29-/m1/s1. The summed E-state index contributed by atoms with van der Waals surface area (Å²) in [7, 11) is 0. The van der Waals surface area contributed by atoms with Crippen molar-refractivity contribution in [2.24, 2.45) is 5.92 Å². The average molecular weight is 451 g/mol. The van der Waals surface area contributed by atoms with Crippen molar-refractivity contribution in [1.82, 2.24) is 9.80 Å². The van der Waals surface area contributed by atoms with Gasteiger partial charge in [0.2, 0.25) is 5.54 Å². The van der Waals surface area contributed by atoms with E-state index in [1.807, 2.05) is 62.4 Å². The number of Topliss-reactive ketones (excluding diaryl/α,β-unsaturated/α-hetero) is 1. The Hall–Kier alpha value is -3.25. The molecule has 0 aliphatic carbocycles. The van der Waals surface area contributed by atoms with E-state index in [0.717, 1.165) is 31.5 Å². The number of hydrogen-bond donors (Lipinski definition) is 0. The molecule has 5 heteroatoms. The normalized spacial score (nSPS) is 29.7. The minimum absolute atomic E-state index is 0.0509. The summed E-state index contributed by atoms with van der Waals surface area (Å²) < 4.78 is 0. The summed E-state index contributed by atoms with van der Waals surface area (Å²) in [6, 6.07) is 24.1. The van der Waals surface area contributed by atoms with Crippen LogP contribution in [0.3, 0.4) is 0 Å². The second kappa shape index (κ2) is 7.91. The van der Waals surface area contributed by atoms with E-state index in [1.165, 1.54) is 0 Å². The van der Waals surface area contributed by atoms with Crippen molar-refractivity contribution in [3.8, 4) is 12.1 Å². The Labute approximate surface area is 201 Å². The molecule has 0 amide bonds. The first-order chi connectivity index (χ1) is 16.3. The summed E-state index contributed by atoms with van der Waals surface area (Å²) in [5.41, 5.74) is -0.681. The number of likely N-dealkylation sites (tertiary alicyclic amines) is 1. The fourth-order valence-electron chi connectivity index (χ4n) is 6.97. The van der Waals surface area contributed by atoms with Crippen LogP contribution in [0.15, 0.2) is 72.3 Å². The van der Waals surface area contributed by atoms with E-state index >= 15 is 0 Å². The fourth-order valence-corrected chi connectivity index (χ4v) is 6.97. The van der Waals surface area contributed by atoms with Gasteiger partial charge in [0.25, 0.3) is 0 Å². The van der Waals surface area contributed by atoms with Gasteiger partial charge in [-0.25, -0.2) is 4.90 Å². The second-order valence-electron chi connectivity index (χ2n) is 10.3. The van der Waals surface area contributed by atoms with Gasteiger partial charge in [-0.15, -0.1) is 0 Å². The number of nitriles is 2. The van der Waals surface area contributed by atoms with E-state index in [-0.39, 0.29) is 17.7 Å². The van der Waals surface area contributed by atoms with Crippen molar-refractivity contribution in [3.63, 3.8) is 0 Å². The third-order valence-electron chi connectivity index (χ3n) is 8.29. The Morgan fingerprint density at radius 2 is 1.50 bits per heavy atom. The second-order valence-corrected chi connectivity index (χ2v) is 10.3. The Bertz CT molecular complexity index is 1200. The number of carbonyl (C=O) groups is 1. The molecule has 34 heavy (non-hydrogen) atoms. The maximum absolute atomic E-state index is 13.8. The number of fused-ring (bicyclic) bond motifs is 1. The Balaban J connectivity index is 1.79. The molecule has 0 spiro atoms. The number of ketones is 1. The number of benzene rings is 2. The molecule has 3 aliphatic heterocycles. The van der Waals surface area contributed by atoms with Crippen LogP contribution in [-0.4, -0.2) is 45.8 Å². The van der Waals surface area contributed by atoms with E-state index in [0.29, 0.717) is 11.1 Å². The van der Waals surface area contributed by atoms with Crippen LogP contribution in [0.1, 0.15) is 49.5 Å². The molecule has 2 aromatic rings. The van der Waals surface area contributed by atoms with Crippen LogP contribution in [0.4, 0.5) is 0 Å². The summed E-state index contributed by atoms with van der Waals surface area (Å²) in [4.78, 5) is 18.2. The molecule has 0 saturated carbocycles. The molecule has 5 rings (SSSR count). The van der Waals surface area contributed by atoms with Gasteiger partial charge in [-0.2, -0.15) is 10.5 Å². The lowest BCUT2D eigenvalue weighted by molar-refractivity contribution is 0.0402. The first-order valence-electron chi connectivity index (χ1n) is 12.1. The predicted octanol–water partition coefficient (Wildman–Crippen LogP) is 4.69. The van der Waals surface area contributed by atoms with Gasteiger partial charge in [0, 0.05) is 22.6 Å². The third kappa shape index (κ3) is 2.81. The third-order valence-corrected chi connectivity index (χ3v) is 8.29. The Kier molecular flexibility index (Phi) is 5.24. The molecule has 172 valence electrons. The van der Waals surface area contributed by atoms with E-state index in [4.69, 9.17) is 0 Å². The molecule has 0 N–H and O–H groups in total. The van der Waals surface area contributed by atoms with Gasteiger partial charge >= 0.3 is 0 Å². The van der Waals surface area contributed by atoms with Gasteiger partial charge < -0.3 is 0 Å². The molecule has 0 aromatic heterocycles. The highest BCUT2D eigenvalue weighted by atomic mass is 16.1. The zero-order valence-electron chi connectivity index (χ0n) is 20.0. The van der Waals surface area contributed by atoms with E-state index in [1.54, 1.807) is 0 Å². The molecule has 0 unspecified atom stereocenters. The van der Waals surface area contributed by atoms with Crippen LogP contribution >= 0.6 is 0 Å². The first kappa shape index (κ1) is 22.5. The van der Waals surface area contributed by atoms with Crippen LogP contribution in [0.25, 0.3) is 0 Å². The van der Waals surface area contributed by atoms with Crippen molar-refractivity contribution < 1.29 is 4.79 Å². The summed E-state index contributed by atoms with van der Waals surface area (Å²) in [5.74, 6) is -0.127. The molecule has 3 aliphatic rings. The SMILES string of the molecule is C[C@@H]1[C@H](N2CCCC2)C(C#N)(C#N)N2C(C)(C)C(C(=O)c3ccccc3)=C[C@]12c1ccccc1. The van der Waals surface area contributed by atoms with E-state index < -0.39 is 16.6 Å². The summed E-state index contributed by atoms with van der Waals surface area (Å²) >= 11 is 0. The summed E-state index contributed by atoms with van der Waals surface area (Å²) in [6.45, 7) is 7.92. The zero-order valence-corrected chi connectivity index (χ0v) is 20.0. The first-order valence-corrected chi connectivity index (χ1v) is 12.1. The number of hydrogen-bond acceptors (Lipinski definition) is 5. The van der Waals surface area contributed by atoms with Gasteiger partial charge in [0.05, 0.1) is 11.6 Å². The molecule has 5 nitrogen and oxygen atoms in total. The Morgan fingerprint density at radius 1 is 0.941 bits per heavy atom. The van der Waals surface area contributed by atoms with Crippen molar-refractivity contribution in [3.05, 3.63) is 83.4 Å². The van der Waals surface area contributed by atoms with Gasteiger partial charge in [-0.05, 0) is 45.3 Å². The molecule has 0 bridgehead atoms. The lowest BCUT2D eigenvalue weighted by Crippen LogP contribution is -2.62. The maximum atomic E-state index is 13.8. The average Bonchev–Trinajstić information content (AvgIpc) is 3.53. The minimum atomic E-state index is -1.39. The van der Waals surface area contributed by atoms with Crippen molar-refractivity contribution in [2.75, 3.05) is 13.1 Å². The molecule has 2 fully saturated rings. The molecule has 3 heterocycles. The minimum Gasteiger partial charge on any atom is -0.296 e. The smallest absolute Gasteiger partial charge is 0.213 e. The molecule has 2 aromatic carbocycles. The van der Waals surface area contributed by atoms with Crippen LogP contribution in [0.5, 0.6) is 0 Å². The molecule has 2 saturated heterocycles. The maximum Gasteiger partial charge on any atom is 0.213 e. The lowest BCUT2D eigenvalue weighted by atomic mass is 9.75. The quantitative estimate of drug-likeness (QED) is 0.632. The topological polar surface area (TPSA) is 71.1 Å².